The van der Waals surface area contributed by atoms with Crippen molar-refractivity contribution in [3.63, 3.8) is 0 Å². The van der Waals surface area contributed by atoms with Gasteiger partial charge in [-0.05, 0) is 39.2 Å². The molecule has 1 rings (SSSR count). The van der Waals surface area contributed by atoms with E-state index in [0.29, 0.717) is 0 Å². The molecule has 1 aromatic carbocycles. The lowest BCUT2D eigenvalue weighted by molar-refractivity contribution is -0.184. The molecule has 0 fully saturated rings. The van der Waals surface area contributed by atoms with Crippen molar-refractivity contribution in [3.8, 4) is 0 Å². The zero-order valence-corrected chi connectivity index (χ0v) is 13.3. The summed E-state index contributed by atoms with van der Waals surface area (Å²) in [5.74, 6) is -0.507. The summed E-state index contributed by atoms with van der Waals surface area (Å²) in [5.41, 5.74) is -1.58. The number of carbonyl (C=O) groups is 1. The van der Waals surface area contributed by atoms with E-state index in [1.165, 1.54) is 0 Å². The summed E-state index contributed by atoms with van der Waals surface area (Å²) in [6.45, 7) is 10.9. The van der Waals surface area contributed by atoms with E-state index in [9.17, 15) is 9.90 Å². The molecule has 0 bridgehead atoms. The molecular formula is C17H26O3. The highest BCUT2D eigenvalue weighted by Crippen LogP contribution is 2.46. The SMILES string of the molecule is CC(C)OC(=O)C(C)(C)C(O)(c1ccccc1)C(C)C. The van der Waals surface area contributed by atoms with Crippen LogP contribution in [0.15, 0.2) is 30.3 Å². The van der Waals surface area contributed by atoms with Crippen LogP contribution >= 0.6 is 0 Å². The van der Waals surface area contributed by atoms with Crippen molar-refractivity contribution in [3.05, 3.63) is 35.9 Å². The number of carbonyl (C=O) groups excluding carboxylic acids is 1. The van der Waals surface area contributed by atoms with Crippen LogP contribution in [0, 0.1) is 11.3 Å². The first-order valence-electron chi connectivity index (χ1n) is 7.13. The largest absolute Gasteiger partial charge is 0.462 e. The maximum atomic E-state index is 12.4. The van der Waals surface area contributed by atoms with Crippen LogP contribution in [-0.4, -0.2) is 17.2 Å². The Labute approximate surface area is 122 Å². The highest BCUT2D eigenvalue weighted by Gasteiger charge is 2.53. The van der Waals surface area contributed by atoms with Crippen LogP contribution in [0.1, 0.15) is 47.1 Å². The molecular weight excluding hydrogens is 252 g/mol. The van der Waals surface area contributed by atoms with Gasteiger partial charge in [0.15, 0.2) is 0 Å². The zero-order valence-electron chi connectivity index (χ0n) is 13.3. The first-order valence-corrected chi connectivity index (χ1v) is 7.13. The summed E-state index contributed by atoms with van der Waals surface area (Å²) >= 11 is 0. The van der Waals surface area contributed by atoms with Gasteiger partial charge in [0.25, 0.3) is 0 Å². The monoisotopic (exact) mass is 278 g/mol. The van der Waals surface area contributed by atoms with Gasteiger partial charge in [-0.1, -0.05) is 44.2 Å². The number of hydrogen-bond donors (Lipinski definition) is 1. The molecule has 1 N–H and O–H groups in total. The van der Waals surface area contributed by atoms with Crippen LogP contribution in [0.4, 0.5) is 0 Å². The lowest BCUT2D eigenvalue weighted by atomic mass is 9.65. The smallest absolute Gasteiger partial charge is 0.315 e. The van der Waals surface area contributed by atoms with Crippen molar-refractivity contribution in [1.29, 1.82) is 0 Å². The van der Waals surface area contributed by atoms with Gasteiger partial charge in [0.1, 0.15) is 5.60 Å². The van der Waals surface area contributed by atoms with Crippen LogP contribution in [-0.2, 0) is 15.1 Å². The van der Waals surface area contributed by atoms with Gasteiger partial charge in [-0.15, -0.1) is 0 Å². The van der Waals surface area contributed by atoms with Crippen molar-refractivity contribution < 1.29 is 14.6 Å². The molecule has 112 valence electrons. The van der Waals surface area contributed by atoms with Gasteiger partial charge >= 0.3 is 5.97 Å². The Morgan fingerprint density at radius 3 is 2.00 bits per heavy atom. The summed E-state index contributed by atoms with van der Waals surface area (Å²) in [7, 11) is 0. The molecule has 0 aliphatic carbocycles. The van der Waals surface area contributed by atoms with E-state index >= 15 is 0 Å². The van der Waals surface area contributed by atoms with E-state index in [1.54, 1.807) is 13.8 Å². The van der Waals surface area contributed by atoms with E-state index in [2.05, 4.69) is 0 Å². The molecule has 0 heterocycles. The highest BCUT2D eigenvalue weighted by molar-refractivity contribution is 5.78. The molecule has 0 aromatic heterocycles. The van der Waals surface area contributed by atoms with E-state index in [-0.39, 0.29) is 18.0 Å². The molecule has 1 unspecified atom stereocenters. The van der Waals surface area contributed by atoms with Gasteiger partial charge in [-0.25, -0.2) is 0 Å². The minimum absolute atomic E-state index is 0.125. The Morgan fingerprint density at radius 1 is 1.10 bits per heavy atom. The average Bonchev–Trinajstić information content (AvgIpc) is 2.37. The Bertz CT molecular complexity index is 449. The summed E-state index contributed by atoms with van der Waals surface area (Å²) < 4.78 is 5.33. The average molecular weight is 278 g/mol. The van der Waals surface area contributed by atoms with Gasteiger partial charge in [-0.2, -0.15) is 0 Å². The lowest BCUT2D eigenvalue weighted by Crippen LogP contribution is -2.51. The number of ether oxygens (including phenoxy) is 1. The molecule has 1 aromatic rings. The van der Waals surface area contributed by atoms with E-state index in [0.717, 1.165) is 5.56 Å². The van der Waals surface area contributed by atoms with Crippen molar-refractivity contribution in [1.82, 2.24) is 0 Å². The third-order valence-corrected chi connectivity index (χ3v) is 3.86. The van der Waals surface area contributed by atoms with Crippen LogP contribution in [0.5, 0.6) is 0 Å². The molecule has 0 aliphatic rings. The third-order valence-electron chi connectivity index (χ3n) is 3.86. The third kappa shape index (κ3) is 2.88. The van der Waals surface area contributed by atoms with E-state index in [1.807, 2.05) is 58.0 Å². The zero-order chi connectivity index (χ0) is 15.6. The normalized spacial score (nSPS) is 15.2. The molecule has 0 saturated carbocycles. The number of hydrogen-bond acceptors (Lipinski definition) is 3. The van der Waals surface area contributed by atoms with Gasteiger partial charge in [0.2, 0.25) is 0 Å². The number of rotatable bonds is 5. The fourth-order valence-corrected chi connectivity index (χ4v) is 2.63. The fourth-order valence-electron chi connectivity index (χ4n) is 2.63. The quantitative estimate of drug-likeness (QED) is 0.838. The summed E-state index contributed by atoms with van der Waals surface area (Å²) in [5, 5.41) is 11.3. The Morgan fingerprint density at radius 2 is 1.60 bits per heavy atom. The van der Waals surface area contributed by atoms with Crippen molar-refractivity contribution in [2.45, 2.75) is 53.2 Å². The second-order valence-electron chi connectivity index (χ2n) is 6.37. The summed E-state index contributed by atoms with van der Waals surface area (Å²) in [4.78, 5) is 12.4. The fraction of sp³-hybridized carbons (Fsp3) is 0.588. The van der Waals surface area contributed by atoms with E-state index < -0.39 is 11.0 Å². The number of esters is 1. The molecule has 0 amide bonds. The van der Waals surface area contributed by atoms with Crippen molar-refractivity contribution >= 4 is 5.97 Å². The van der Waals surface area contributed by atoms with Crippen molar-refractivity contribution in [2.24, 2.45) is 11.3 Å². The molecule has 3 heteroatoms. The molecule has 0 aliphatic heterocycles. The predicted molar refractivity (Wildman–Crippen MR) is 80.2 cm³/mol. The molecule has 0 saturated heterocycles. The molecule has 0 spiro atoms. The second kappa shape index (κ2) is 5.96. The van der Waals surface area contributed by atoms with Crippen LogP contribution in [0.2, 0.25) is 0 Å². The van der Waals surface area contributed by atoms with Gasteiger partial charge in [0.05, 0.1) is 11.5 Å². The summed E-state index contributed by atoms with van der Waals surface area (Å²) in [6.07, 6.45) is -0.200. The minimum atomic E-state index is -1.28. The van der Waals surface area contributed by atoms with E-state index in [4.69, 9.17) is 4.74 Å². The number of aliphatic hydroxyl groups is 1. The first kappa shape index (κ1) is 16.7. The molecule has 0 radical (unpaired) electrons. The van der Waals surface area contributed by atoms with Crippen LogP contribution < -0.4 is 0 Å². The van der Waals surface area contributed by atoms with Crippen LogP contribution in [0.25, 0.3) is 0 Å². The first-order chi connectivity index (χ1) is 9.14. The molecule has 1 atom stereocenters. The van der Waals surface area contributed by atoms with Gasteiger partial charge in [0, 0.05) is 0 Å². The molecule has 20 heavy (non-hydrogen) atoms. The highest BCUT2D eigenvalue weighted by atomic mass is 16.5. The standard InChI is InChI=1S/C17H26O3/c1-12(2)17(19,14-10-8-7-9-11-14)16(5,6)15(18)20-13(3)4/h7-13,19H,1-6H3. The Hall–Kier alpha value is -1.35. The maximum absolute atomic E-state index is 12.4. The second-order valence-corrected chi connectivity index (χ2v) is 6.37. The predicted octanol–water partition coefficient (Wildman–Crippen LogP) is 3.51. The molecule has 3 nitrogen and oxygen atoms in total. The topological polar surface area (TPSA) is 46.5 Å². The van der Waals surface area contributed by atoms with Crippen LogP contribution in [0.3, 0.4) is 0 Å². The Kier molecular flexibility index (Phi) is 4.98. The summed E-state index contributed by atoms with van der Waals surface area (Å²) in [6, 6.07) is 9.33. The van der Waals surface area contributed by atoms with Crippen molar-refractivity contribution in [2.75, 3.05) is 0 Å². The Balaban J connectivity index is 3.29. The number of benzene rings is 1. The maximum Gasteiger partial charge on any atom is 0.315 e. The lowest BCUT2D eigenvalue weighted by Gasteiger charge is -2.44. The minimum Gasteiger partial charge on any atom is -0.462 e. The van der Waals surface area contributed by atoms with Gasteiger partial charge in [-0.3, -0.25) is 4.79 Å². The van der Waals surface area contributed by atoms with Gasteiger partial charge < -0.3 is 9.84 Å².